The van der Waals surface area contributed by atoms with Crippen LogP contribution in [0.15, 0.2) is 24.3 Å². The van der Waals surface area contributed by atoms with Gasteiger partial charge in [-0.15, -0.1) is 0 Å². The van der Waals surface area contributed by atoms with Gasteiger partial charge in [-0.2, -0.15) is 0 Å². The molecule has 0 aliphatic carbocycles. The van der Waals surface area contributed by atoms with E-state index in [0.717, 1.165) is 10.6 Å². The van der Waals surface area contributed by atoms with Gasteiger partial charge in [0.15, 0.2) is 0 Å². The van der Waals surface area contributed by atoms with Crippen molar-refractivity contribution >= 4 is 11.6 Å². The first kappa shape index (κ1) is 6.63. The second-order valence-electron chi connectivity index (χ2n) is 1.80. The third kappa shape index (κ3) is 1.46. The Morgan fingerprint density at radius 2 is 2.00 bits per heavy atom. The van der Waals surface area contributed by atoms with Crippen molar-refractivity contribution in [1.82, 2.24) is 0 Å². The maximum atomic E-state index is 5.74. The predicted molar refractivity (Wildman–Crippen MR) is 39.5 cm³/mol. The highest BCUT2D eigenvalue weighted by atomic mass is 35.5. The van der Waals surface area contributed by atoms with Gasteiger partial charge < -0.3 is 0 Å². The molecule has 0 atom stereocenters. The minimum Gasteiger partial charge on any atom is -0.0840 e. The largest absolute Gasteiger partial charge is 0.0840 e. The summed E-state index contributed by atoms with van der Waals surface area (Å²) in [7, 11) is 0. The highest BCUT2D eigenvalue weighted by Gasteiger charge is 1.92. The van der Waals surface area contributed by atoms with Crippen LogP contribution in [-0.2, 0) is 6.42 Å². The van der Waals surface area contributed by atoms with Gasteiger partial charge in [0.1, 0.15) is 0 Å². The van der Waals surface area contributed by atoms with Crippen molar-refractivity contribution in [3.05, 3.63) is 41.8 Å². The quantitative estimate of drug-likeness (QED) is 0.560. The lowest BCUT2D eigenvalue weighted by atomic mass is 10.2. The zero-order chi connectivity index (χ0) is 6.69. The molecule has 1 heteroatoms. The van der Waals surface area contributed by atoms with Gasteiger partial charge in [-0.05, 0) is 25.0 Å². The molecule has 1 rings (SSSR count). The molecule has 0 nitrogen and oxygen atoms in total. The summed E-state index contributed by atoms with van der Waals surface area (Å²) >= 11 is 5.74. The van der Waals surface area contributed by atoms with Gasteiger partial charge in [-0.1, -0.05) is 29.8 Å². The summed E-state index contributed by atoms with van der Waals surface area (Å²) in [5.41, 5.74) is 0.999. The van der Waals surface area contributed by atoms with Gasteiger partial charge in [-0.3, -0.25) is 0 Å². The van der Waals surface area contributed by atoms with Crippen LogP contribution in [0.4, 0.5) is 0 Å². The zero-order valence-electron chi connectivity index (χ0n) is 4.97. The summed E-state index contributed by atoms with van der Waals surface area (Å²) < 4.78 is 0. The number of halogens is 1. The van der Waals surface area contributed by atoms with E-state index in [-0.39, 0.29) is 0 Å². The molecule has 0 saturated carbocycles. The van der Waals surface area contributed by atoms with Crippen LogP contribution in [0.1, 0.15) is 5.56 Å². The molecule has 0 N–H and O–H groups in total. The minimum atomic E-state index is 0.514. The fourth-order valence-corrected chi connectivity index (χ4v) is 0.877. The first-order chi connectivity index (χ1) is 4.34. The van der Waals surface area contributed by atoms with Crippen molar-refractivity contribution in [2.75, 3.05) is 0 Å². The van der Waals surface area contributed by atoms with Gasteiger partial charge in [0.25, 0.3) is 0 Å². The van der Waals surface area contributed by atoms with Crippen LogP contribution in [0, 0.1) is 6.92 Å². The van der Waals surface area contributed by atoms with Crippen LogP contribution in [0.5, 0.6) is 0 Å². The maximum absolute atomic E-state index is 5.74. The van der Waals surface area contributed by atoms with Crippen LogP contribution < -0.4 is 0 Å². The van der Waals surface area contributed by atoms with E-state index in [1.807, 2.05) is 24.3 Å². The van der Waals surface area contributed by atoms with Crippen LogP contribution in [0.2, 0.25) is 5.02 Å². The molecule has 0 amide bonds. The normalized spacial score (nSPS) is 9.56. The predicted octanol–water partition coefficient (Wildman–Crippen LogP) is 2.59. The van der Waals surface area contributed by atoms with Gasteiger partial charge in [0.2, 0.25) is 0 Å². The van der Waals surface area contributed by atoms with E-state index in [9.17, 15) is 0 Å². The summed E-state index contributed by atoms with van der Waals surface area (Å²) in [6, 6.07) is 7.57. The van der Waals surface area contributed by atoms with Crippen LogP contribution in [0.25, 0.3) is 0 Å². The van der Waals surface area contributed by atoms with Crippen molar-refractivity contribution in [2.24, 2.45) is 0 Å². The third-order valence-electron chi connectivity index (χ3n) is 1.18. The molecule has 0 bridgehead atoms. The van der Waals surface area contributed by atoms with Crippen LogP contribution in [-0.4, -0.2) is 0 Å². The molecule has 0 aromatic heterocycles. The number of rotatable bonds is 1. The number of hydrogen-bond donors (Lipinski definition) is 0. The highest BCUT2D eigenvalue weighted by molar-refractivity contribution is 6.31. The van der Waals surface area contributed by atoms with E-state index in [0.29, 0.717) is 6.42 Å². The number of benzene rings is 1. The molecule has 0 spiro atoms. The van der Waals surface area contributed by atoms with Crippen molar-refractivity contribution in [3.63, 3.8) is 0 Å². The van der Waals surface area contributed by atoms with Crippen molar-refractivity contribution < 1.29 is 0 Å². The molecular formula is C8H7Cl. The molecular weight excluding hydrogens is 132 g/mol. The molecule has 0 aliphatic rings. The molecule has 0 saturated heterocycles. The summed E-state index contributed by atoms with van der Waals surface area (Å²) in [6.07, 6.45) is 0.514. The smallest absolute Gasteiger partial charge is 0.0438 e. The Morgan fingerprint density at radius 1 is 1.33 bits per heavy atom. The Hall–Kier alpha value is -0.490. The maximum Gasteiger partial charge on any atom is 0.0438 e. The lowest BCUT2D eigenvalue weighted by Gasteiger charge is -1.96. The van der Waals surface area contributed by atoms with Gasteiger partial charge >= 0.3 is 0 Å². The molecule has 46 valence electrons. The Balaban J connectivity index is 3.01. The molecule has 2 radical (unpaired) electrons. The van der Waals surface area contributed by atoms with Gasteiger partial charge in [-0.25, -0.2) is 0 Å². The van der Waals surface area contributed by atoms with Crippen molar-refractivity contribution in [3.8, 4) is 0 Å². The van der Waals surface area contributed by atoms with Gasteiger partial charge in [0, 0.05) is 5.02 Å². The number of hydrogen-bond acceptors (Lipinski definition) is 0. The highest BCUT2D eigenvalue weighted by Crippen LogP contribution is 2.14. The van der Waals surface area contributed by atoms with E-state index < -0.39 is 0 Å². The van der Waals surface area contributed by atoms with E-state index in [1.165, 1.54) is 0 Å². The topological polar surface area (TPSA) is 0 Å². The summed E-state index contributed by atoms with van der Waals surface area (Å²) in [5.74, 6) is 0. The lowest BCUT2D eigenvalue weighted by molar-refractivity contribution is 1.27. The third-order valence-corrected chi connectivity index (χ3v) is 1.55. The average molecular weight is 139 g/mol. The zero-order valence-corrected chi connectivity index (χ0v) is 5.73. The second kappa shape index (κ2) is 2.88. The van der Waals surface area contributed by atoms with Crippen LogP contribution >= 0.6 is 11.6 Å². The Morgan fingerprint density at radius 3 is 2.44 bits per heavy atom. The Bertz CT molecular complexity index is 194. The fraction of sp³-hybridized carbons (Fsp3) is 0.125. The minimum absolute atomic E-state index is 0.514. The fourth-order valence-electron chi connectivity index (χ4n) is 0.664. The second-order valence-corrected chi connectivity index (χ2v) is 2.20. The summed E-state index contributed by atoms with van der Waals surface area (Å²) in [6.45, 7) is 5.37. The standard InChI is InChI=1S/C8H7Cl/c1-2-7-5-3-4-6-8(7)9/h1,3-6H,2H2. The van der Waals surface area contributed by atoms with E-state index in [1.54, 1.807) is 0 Å². The molecule has 0 fully saturated rings. The monoisotopic (exact) mass is 138 g/mol. The molecule has 0 heterocycles. The molecule has 1 aromatic rings. The molecule has 1 aromatic carbocycles. The van der Waals surface area contributed by atoms with E-state index >= 15 is 0 Å². The van der Waals surface area contributed by atoms with Crippen LogP contribution in [0.3, 0.4) is 0 Å². The molecule has 9 heavy (non-hydrogen) atoms. The average Bonchev–Trinajstić information content (AvgIpc) is 1.89. The SMILES string of the molecule is [CH]Cc1ccccc1Cl. The Kier molecular flexibility index (Phi) is 2.12. The van der Waals surface area contributed by atoms with Gasteiger partial charge in [0.05, 0.1) is 0 Å². The van der Waals surface area contributed by atoms with Crippen molar-refractivity contribution in [2.45, 2.75) is 6.42 Å². The first-order valence-corrected chi connectivity index (χ1v) is 3.16. The van der Waals surface area contributed by atoms with E-state index in [4.69, 9.17) is 18.5 Å². The van der Waals surface area contributed by atoms with Crippen molar-refractivity contribution in [1.29, 1.82) is 0 Å². The Labute approximate surface area is 60.5 Å². The summed E-state index contributed by atoms with van der Waals surface area (Å²) in [4.78, 5) is 0. The lowest BCUT2D eigenvalue weighted by Crippen LogP contribution is -1.78. The summed E-state index contributed by atoms with van der Waals surface area (Å²) in [5, 5.41) is 0.750. The van der Waals surface area contributed by atoms with E-state index in [2.05, 4.69) is 0 Å². The molecule has 0 unspecified atom stereocenters. The molecule has 0 aliphatic heterocycles. The first-order valence-electron chi connectivity index (χ1n) is 2.78.